The Bertz CT molecular complexity index is 1660. The first kappa shape index (κ1) is 23.4. The third kappa shape index (κ3) is 4.50. The molecule has 0 aliphatic carbocycles. The third-order valence-corrected chi connectivity index (χ3v) is 8.95. The van der Waals surface area contributed by atoms with Gasteiger partial charge in [-0.05, 0) is 66.1 Å². The number of imidazole rings is 1. The van der Waals surface area contributed by atoms with E-state index in [1.165, 1.54) is 4.31 Å². The number of aromatic amines is 1. The molecule has 0 radical (unpaired) electrons. The largest absolute Gasteiger partial charge is 0.342 e. The maximum absolute atomic E-state index is 13.3. The molecule has 1 aliphatic heterocycles. The second-order valence-corrected chi connectivity index (χ2v) is 11.3. The molecule has 37 heavy (non-hydrogen) atoms. The van der Waals surface area contributed by atoms with Crippen molar-refractivity contribution in [1.29, 1.82) is 0 Å². The van der Waals surface area contributed by atoms with E-state index in [-0.39, 0.29) is 16.7 Å². The summed E-state index contributed by atoms with van der Waals surface area (Å²) in [5.74, 6) is 0.884. The lowest BCUT2D eigenvalue weighted by molar-refractivity contribution is 0.102. The molecule has 0 atom stereocenters. The van der Waals surface area contributed by atoms with E-state index in [9.17, 15) is 13.2 Å². The summed E-state index contributed by atoms with van der Waals surface area (Å²) in [7, 11) is -3.63. The smallest absolute Gasteiger partial charge is 0.256 e. The molecule has 1 amide bonds. The van der Waals surface area contributed by atoms with E-state index in [2.05, 4.69) is 10.3 Å². The SMILES string of the molecule is O=C(Nc1ccc(S(=O)(=O)N2CCC(c3nc4ccccc4[nH]3)CC2)cc1)c1cccc2ccccc12. The molecule has 4 aromatic carbocycles. The number of amides is 1. The second kappa shape index (κ2) is 9.46. The molecule has 1 aliphatic rings. The first-order chi connectivity index (χ1) is 18.0. The minimum atomic E-state index is -3.63. The van der Waals surface area contributed by atoms with Gasteiger partial charge >= 0.3 is 0 Å². The molecule has 5 aromatic rings. The Kier molecular flexibility index (Phi) is 5.98. The Morgan fingerprint density at radius 1 is 0.865 bits per heavy atom. The molecule has 8 heteroatoms. The summed E-state index contributed by atoms with van der Waals surface area (Å²) in [6.45, 7) is 0.868. The minimum absolute atomic E-state index is 0.200. The summed E-state index contributed by atoms with van der Waals surface area (Å²) < 4.78 is 28.1. The van der Waals surface area contributed by atoms with Gasteiger partial charge in [-0.25, -0.2) is 13.4 Å². The molecule has 1 saturated heterocycles. The van der Waals surface area contributed by atoms with E-state index in [1.54, 1.807) is 30.3 Å². The molecule has 6 rings (SSSR count). The molecular formula is C29H26N4O3S. The van der Waals surface area contributed by atoms with Gasteiger partial charge in [-0.15, -0.1) is 0 Å². The van der Waals surface area contributed by atoms with Crippen LogP contribution in [0.5, 0.6) is 0 Å². The number of aromatic nitrogens is 2. The van der Waals surface area contributed by atoms with Crippen molar-refractivity contribution in [3.63, 3.8) is 0 Å². The summed E-state index contributed by atoms with van der Waals surface area (Å²) in [5, 5.41) is 4.74. The van der Waals surface area contributed by atoms with Gasteiger partial charge in [0.15, 0.2) is 0 Å². The maximum Gasteiger partial charge on any atom is 0.256 e. The van der Waals surface area contributed by atoms with Gasteiger partial charge in [-0.3, -0.25) is 4.79 Å². The quantitative estimate of drug-likeness (QED) is 0.325. The van der Waals surface area contributed by atoms with E-state index in [1.807, 2.05) is 60.7 Å². The third-order valence-electron chi connectivity index (χ3n) is 7.03. The summed E-state index contributed by atoms with van der Waals surface area (Å²) in [4.78, 5) is 21.2. The number of piperidine rings is 1. The Labute approximate surface area is 215 Å². The lowest BCUT2D eigenvalue weighted by Crippen LogP contribution is -2.38. The summed E-state index contributed by atoms with van der Waals surface area (Å²) in [5.41, 5.74) is 3.04. The fraction of sp³-hybridized carbons (Fsp3) is 0.172. The van der Waals surface area contributed by atoms with Crippen LogP contribution >= 0.6 is 0 Å². The summed E-state index contributed by atoms with van der Waals surface area (Å²) in [6, 6.07) is 27.6. The fourth-order valence-electron chi connectivity index (χ4n) is 5.02. The summed E-state index contributed by atoms with van der Waals surface area (Å²) >= 11 is 0. The molecule has 2 N–H and O–H groups in total. The highest BCUT2D eigenvalue weighted by molar-refractivity contribution is 7.89. The molecular weight excluding hydrogens is 484 g/mol. The van der Waals surface area contributed by atoms with Gasteiger partial charge in [0.1, 0.15) is 5.82 Å². The van der Waals surface area contributed by atoms with E-state index in [0.29, 0.717) is 37.2 Å². The standard InChI is InChI=1S/C29H26N4O3S/c34-29(25-9-5-7-20-6-1-2-8-24(20)25)30-22-12-14-23(15-13-22)37(35,36)33-18-16-21(17-19-33)28-31-26-10-3-4-11-27(26)32-28/h1-15,21H,16-19H2,(H,30,34)(H,31,32). The monoisotopic (exact) mass is 510 g/mol. The van der Waals surface area contributed by atoms with Crippen molar-refractivity contribution in [3.8, 4) is 0 Å². The van der Waals surface area contributed by atoms with Gasteiger partial charge in [-0.2, -0.15) is 4.31 Å². The van der Waals surface area contributed by atoms with Crippen LogP contribution in [0.1, 0.15) is 34.9 Å². The number of hydrogen-bond acceptors (Lipinski definition) is 4. The maximum atomic E-state index is 13.3. The lowest BCUT2D eigenvalue weighted by atomic mass is 9.97. The summed E-state index contributed by atoms with van der Waals surface area (Å²) in [6.07, 6.45) is 1.41. The average molecular weight is 511 g/mol. The number of carbonyl (C=O) groups is 1. The predicted octanol–water partition coefficient (Wildman–Crippen LogP) is 5.54. The van der Waals surface area contributed by atoms with Gasteiger partial charge in [0, 0.05) is 30.3 Å². The Morgan fingerprint density at radius 2 is 1.57 bits per heavy atom. The van der Waals surface area contributed by atoms with E-state index in [0.717, 1.165) is 27.6 Å². The fourth-order valence-corrected chi connectivity index (χ4v) is 6.49. The van der Waals surface area contributed by atoms with Crippen molar-refractivity contribution in [1.82, 2.24) is 14.3 Å². The molecule has 2 heterocycles. The van der Waals surface area contributed by atoms with Gasteiger partial charge in [-0.1, -0.05) is 48.5 Å². The van der Waals surface area contributed by atoms with Crippen LogP contribution in [0, 0.1) is 0 Å². The van der Waals surface area contributed by atoms with Crippen LogP contribution in [0.4, 0.5) is 5.69 Å². The van der Waals surface area contributed by atoms with Crippen molar-refractivity contribution >= 4 is 43.4 Å². The number of hydrogen-bond donors (Lipinski definition) is 2. The lowest BCUT2D eigenvalue weighted by Gasteiger charge is -2.30. The van der Waals surface area contributed by atoms with E-state index >= 15 is 0 Å². The van der Waals surface area contributed by atoms with Crippen LogP contribution in [0.25, 0.3) is 21.8 Å². The highest BCUT2D eigenvalue weighted by atomic mass is 32.2. The van der Waals surface area contributed by atoms with Crippen molar-refractivity contribution in [2.45, 2.75) is 23.7 Å². The number of rotatable bonds is 5. The molecule has 0 bridgehead atoms. The first-order valence-corrected chi connectivity index (χ1v) is 13.8. The molecule has 1 aromatic heterocycles. The zero-order valence-corrected chi connectivity index (χ0v) is 20.9. The van der Waals surface area contributed by atoms with Gasteiger partial charge in [0.05, 0.1) is 15.9 Å². The number of anilines is 1. The average Bonchev–Trinajstić information content (AvgIpc) is 3.37. The molecule has 7 nitrogen and oxygen atoms in total. The zero-order chi connectivity index (χ0) is 25.4. The van der Waals surface area contributed by atoms with Crippen molar-refractivity contribution < 1.29 is 13.2 Å². The highest BCUT2D eigenvalue weighted by Gasteiger charge is 2.31. The van der Waals surface area contributed by atoms with E-state index < -0.39 is 10.0 Å². The van der Waals surface area contributed by atoms with Crippen molar-refractivity contribution in [2.24, 2.45) is 0 Å². The molecule has 0 spiro atoms. The Balaban J connectivity index is 1.13. The highest BCUT2D eigenvalue weighted by Crippen LogP contribution is 2.31. The topological polar surface area (TPSA) is 95.2 Å². The number of benzene rings is 4. The number of H-pyrrole nitrogens is 1. The van der Waals surface area contributed by atoms with Gasteiger partial charge in [0.25, 0.3) is 5.91 Å². The van der Waals surface area contributed by atoms with Crippen molar-refractivity contribution in [2.75, 3.05) is 18.4 Å². The molecule has 0 saturated carbocycles. The number of nitrogens with zero attached hydrogens (tertiary/aromatic N) is 2. The first-order valence-electron chi connectivity index (χ1n) is 12.3. The van der Waals surface area contributed by atoms with Gasteiger partial charge < -0.3 is 10.3 Å². The number of para-hydroxylation sites is 2. The number of nitrogens with one attached hydrogen (secondary N) is 2. The zero-order valence-electron chi connectivity index (χ0n) is 20.1. The van der Waals surface area contributed by atoms with Crippen LogP contribution in [-0.2, 0) is 10.0 Å². The predicted molar refractivity (Wildman–Crippen MR) is 145 cm³/mol. The number of carbonyl (C=O) groups excluding carboxylic acids is 1. The number of sulfonamides is 1. The second-order valence-electron chi connectivity index (χ2n) is 9.32. The van der Waals surface area contributed by atoms with Gasteiger partial charge in [0.2, 0.25) is 10.0 Å². The van der Waals surface area contributed by atoms with E-state index in [4.69, 9.17) is 4.98 Å². The molecule has 186 valence electrons. The Hall–Kier alpha value is -4.01. The van der Waals surface area contributed by atoms with Crippen LogP contribution < -0.4 is 5.32 Å². The van der Waals surface area contributed by atoms with Crippen molar-refractivity contribution in [3.05, 3.63) is 102 Å². The normalized spacial score (nSPS) is 15.2. The van der Waals surface area contributed by atoms with Crippen LogP contribution in [0.15, 0.2) is 95.9 Å². The minimum Gasteiger partial charge on any atom is -0.342 e. The van der Waals surface area contributed by atoms with Crippen LogP contribution in [0.2, 0.25) is 0 Å². The molecule has 1 fully saturated rings. The number of fused-ring (bicyclic) bond motifs is 2. The van der Waals surface area contributed by atoms with Crippen LogP contribution in [0.3, 0.4) is 0 Å². The molecule has 0 unspecified atom stereocenters. The Morgan fingerprint density at radius 3 is 2.35 bits per heavy atom. The van der Waals surface area contributed by atoms with Crippen LogP contribution in [-0.4, -0.2) is 41.7 Å².